The van der Waals surface area contributed by atoms with Crippen molar-refractivity contribution in [3.05, 3.63) is 33.3 Å². The molecule has 9 nitrogen and oxygen atoms in total. The minimum absolute atomic E-state index is 0.0452. The summed E-state index contributed by atoms with van der Waals surface area (Å²) in [6.07, 6.45) is 7.10. The Kier molecular flexibility index (Phi) is 4.87. The molecule has 2 atom stereocenters. The normalized spacial score (nSPS) is 22.2. The van der Waals surface area contributed by atoms with Crippen molar-refractivity contribution in [3.63, 3.8) is 0 Å². The topological polar surface area (TPSA) is 109 Å². The highest BCUT2D eigenvalue weighted by Crippen LogP contribution is 2.44. The average molecular weight is 440 g/mol. The molecule has 32 heavy (non-hydrogen) atoms. The van der Waals surface area contributed by atoms with Crippen LogP contribution in [0.1, 0.15) is 61.1 Å². The molecule has 3 fully saturated rings. The summed E-state index contributed by atoms with van der Waals surface area (Å²) in [4.78, 5) is 40.5. The van der Waals surface area contributed by atoms with Gasteiger partial charge in [-0.2, -0.15) is 9.61 Å². The predicted molar refractivity (Wildman–Crippen MR) is 118 cm³/mol. The molecule has 170 valence electrons. The van der Waals surface area contributed by atoms with Crippen LogP contribution in [0, 0.1) is 18.8 Å². The van der Waals surface area contributed by atoms with Gasteiger partial charge in [0, 0.05) is 36.8 Å². The first kappa shape index (κ1) is 20.8. The van der Waals surface area contributed by atoms with Crippen molar-refractivity contribution in [2.45, 2.75) is 65.1 Å². The second-order valence-corrected chi connectivity index (χ2v) is 9.71. The highest BCUT2D eigenvalue weighted by Gasteiger charge is 2.48. The third kappa shape index (κ3) is 3.49. The summed E-state index contributed by atoms with van der Waals surface area (Å²) in [6, 6.07) is 0.420. The molecule has 2 aliphatic carbocycles. The molecule has 0 radical (unpaired) electrons. The maximum atomic E-state index is 13.2. The van der Waals surface area contributed by atoms with Crippen molar-refractivity contribution in [1.29, 1.82) is 0 Å². The van der Waals surface area contributed by atoms with Gasteiger partial charge in [-0.05, 0) is 50.5 Å². The van der Waals surface area contributed by atoms with E-state index in [2.05, 4.69) is 10.4 Å². The van der Waals surface area contributed by atoms with Gasteiger partial charge in [0.25, 0.3) is 11.5 Å². The number of rotatable bonds is 6. The van der Waals surface area contributed by atoms with Crippen molar-refractivity contribution in [3.8, 4) is 5.88 Å². The van der Waals surface area contributed by atoms with Gasteiger partial charge in [0.1, 0.15) is 5.65 Å². The summed E-state index contributed by atoms with van der Waals surface area (Å²) in [5.41, 5.74) is 0.568. The standard InChI is InChI=1S/C23H29N5O4/c1-12(2)11-27-21-16(6-7-18(29)26-9-8-14-10-17(14)26)13(3)25-28(21)23(32)19(22(27)31)20(30)24-15-4-5-15/h6-7,12,14-15,17,31H,4-5,8-11H2,1-3H3,(H,24,30)/b7-6+. The smallest absolute Gasteiger partial charge is 0.291 e. The number of aromatic nitrogens is 3. The summed E-state index contributed by atoms with van der Waals surface area (Å²) < 4.78 is 2.74. The van der Waals surface area contributed by atoms with Crippen molar-refractivity contribution in [1.82, 2.24) is 24.4 Å². The average Bonchev–Trinajstić information content (AvgIpc) is 3.64. The van der Waals surface area contributed by atoms with Gasteiger partial charge in [0.2, 0.25) is 11.8 Å². The molecule has 0 aromatic carbocycles. The molecule has 2 aromatic rings. The molecule has 2 saturated carbocycles. The molecule has 3 heterocycles. The number of carbonyl (C=O) groups is 2. The minimum atomic E-state index is -0.662. The van der Waals surface area contributed by atoms with E-state index >= 15 is 0 Å². The van der Waals surface area contributed by atoms with Crippen LogP contribution in [0.5, 0.6) is 5.88 Å². The predicted octanol–water partition coefficient (Wildman–Crippen LogP) is 1.69. The second-order valence-electron chi connectivity index (χ2n) is 9.71. The molecule has 1 saturated heterocycles. The molecule has 2 N–H and O–H groups in total. The van der Waals surface area contributed by atoms with Crippen LogP contribution >= 0.6 is 0 Å². The van der Waals surface area contributed by atoms with Gasteiger partial charge in [-0.3, -0.25) is 19.0 Å². The van der Waals surface area contributed by atoms with E-state index in [1.165, 1.54) is 10.6 Å². The summed E-state index contributed by atoms with van der Waals surface area (Å²) in [6.45, 7) is 6.89. The lowest BCUT2D eigenvalue weighted by Crippen LogP contribution is -2.34. The molecule has 9 heteroatoms. The number of aromatic hydroxyl groups is 1. The third-order valence-electron chi connectivity index (χ3n) is 6.61. The Labute approximate surface area is 185 Å². The fraction of sp³-hybridized carbons (Fsp3) is 0.565. The van der Waals surface area contributed by atoms with Crippen LogP contribution in [-0.2, 0) is 11.3 Å². The monoisotopic (exact) mass is 439 g/mol. The highest BCUT2D eigenvalue weighted by molar-refractivity contribution is 5.97. The van der Waals surface area contributed by atoms with Gasteiger partial charge in [-0.15, -0.1) is 0 Å². The van der Waals surface area contributed by atoms with E-state index in [0.717, 1.165) is 32.2 Å². The maximum absolute atomic E-state index is 13.2. The van der Waals surface area contributed by atoms with Gasteiger partial charge in [-0.1, -0.05) is 13.8 Å². The lowest BCUT2D eigenvalue weighted by molar-refractivity contribution is -0.125. The zero-order chi connectivity index (χ0) is 22.7. The second kappa shape index (κ2) is 7.50. The maximum Gasteiger partial charge on any atom is 0.291 e. The first-order valence-electron chi connectivity index (χ1n) is 11.4. The van der Waals surface area contributed by atoms with Crippen molar-refractivity contribution in [2.75, 3.05) is 6.54 Å². The van der Waals surface area contributed by atoms with Gasteiger partial charge in [0.15, 0.2) is 5.56 Å². The largest absolute Gasteiger partial charge is 0.494 e. The van der Waals surface area contributed by atoms with Crippen LogP contribution in [0.25, 0.3) is 11.7 Å². The SMILES string of the molecule is Cc1nn2c(=O)c(C(=O)NC3CC3)c(O)n(CC(C)C)c2c1/C=C/C(=O)N1CCC2CC21. The van der Waals surface area contributed by atoms with E-state index in [-0.39, 0.29) is 29.3 Å². The number of piperidine rings is 1. The highest BCUT2D eigenvalue weighted by atomic mass is 16.3. The Bertz CT molecular complexity index is 1200. The Morgan fingerprint density at radius 3 is 2.62 bits per heavy atom. The molecule has 2 unspecified atom stereocenters. The zero-order valence-electron chi connectivity index (χ0n) is 18.7. The van der Waals surface area contributed by atoms with E-state index in [1.807, 2.05) is 18.7 Å². The van der Waals surface area contributed by atoms with Crippen molar-refractivity contribution >= 4 is 23.5 Å². The molecule has 0 spiro atoms. The molecule has 5 rings (SSSR count). The number of carbonyl (C=O) groups excluding carboxylic acids is 2. The van der Waals surface area contributed by atoms with E-state index in [0.29, 0.717) is 35.4 Å². The zero-order valence-corrected chi connectivity index (χ0v) is 18.7. The third-order valence-corrected chi connectivity index (χ3v) is 6.61. The number of hydrogen-bond donors (Lipinski definition) is 2. The summed E-state index contributed by atoms with van der Waals surface area (Å²) >= 11 is 0. The first-order valence-corrected chi connectivity index (χ1v) is 11.4. The number of aryl methyl sites for hydroxylation is 1. The van der Waals surface area contributed by atoms with E-state index in [4.69, 9.17) is 0 Å². The number of fused-ring (bicyclic) bond motifs is 2. The van der Waals surface area contributed by atoms with E-state index in [1.54, 1.807) is 17.6 Å². The Morgan fingerprint density at radius 1 is 1.28 bits per heavy atom. The molecular formula is C23H29N5O4. The fourth-order valence-corrected chi connectivity index (χ4v) is 4.70. The van der Waals surface area contributed by atoms with Crippen LogP contribution in [0.15, 0.2) is 10.9 Å². The van der Waals surface area contributed by atoms with Crippen LogP contribution in [0.3, 0.4) is 0 Å². The van der Waals surface area contributed by atoms with Crippen LogP contribution < -0.4 is 10.9 Å². The fourth-order valence-electron chi connectivity index (χ4n) is 4.70. The van der Waals surface area contributed by atoms with Crippen molar-refractivity contribution in [2.24, 2.45) is 11.8 Å². The minimum Gasteiger partial charge on any atom is -0.494 e. The number of likely N-dealkylation sites (tertiary alicyclic amines) is 1. The van der Waals surface area contributed by atoms with E-state index < -0.39 is 11.5 Å². The quantitative estimate of drug-likeness (QED) is 0.666. The van der Waals surface area contributed by atoms with E-state index in [9.17, 15) is 19.5 Å². The molecule has 2 amide bonds. The van der Waals surface area contributed by atoms with Crippen LogP contribution in [0.4, 0.5) is 0 Å². The number of hydrogen-bond acceptors (Lipinski definition) is 5. The first-order chi connectivity index (χ1) is 15.3. The summed E-state index contributed by atoms with van der Waals surface area (Å²) in [7, 11) is 0. The lowest BCUT2D eigenvalue weighted by atomic mass is 10.1. The number of nitrogens with zero attached hydrogens (tertiary/aromatic N) is 4. The Hall–Kier alpha value is -3.10. The Balaban J connectivity index is 1.59. The van der Waals surface area contributed by atoms with Gasteiger partial charge in [-0.25, -0.2) is 0 Å². The molecule has 2 aromatic heterocycles. The molecule has 3 aliphatic rings. The number of amides is 2. The van der Waals surface area contributed by atoms with Crippen LogP contribution in [-0.4, -0.2) is 54.6 Å². The van der Waals surface area contributed by atoms with Gasteiger partial charge in [0.05, 0.1) is 5.69 Å². The molecule has 0 bridgehead atoms. The lowest BCUT2D eigenvalue weighted by Gasteiger charge is -2.17. The molecule has 1 aliphatic heterocycles. The van der Waals surface area contributed by atoms with Gasteiger partial charge < -0.3 is 15.3 Å². The van der Waals surface area contributed by atoms with Gasteiger partial charge >= 0.3 is 0 Å². The molecular weight excluding hydrogens is 410 g/mol. The summed E-state index contributed by atoms with van der Waals surface area (Å²) in [5.74, 6) is -0.203. The Morgan fingerprint density at radius 2 is 2.03 bits per heavy atom. The summed E-state index contributed by atoms with van der Waals surface area (Å²) in [5, 5.41) is 18.2. The van der Waals surface area contributed by atoms with Crippen molar-refractivity contribution < 1.29 is 14.7 Å². The number of nitrogens with one attached hydrogen (secondary N) is 1. The van der Waals surface area contributed by atoms with Crippen LogP contribution in [0.2, 0.25) is 0 Å².